The molecule has 0 aliphatic heterocycles. The first-order chi connectivity index (χ1) is 12.6. The third kappa shape index (κ3) is 3.17. The van der Waals surface area contributed by atoms with E-state index < -0.39 is 0 Å². The number of aromatic nitrogens is 4. The molecular formula is C18H16N4O2S2. The van der Waals surface area contributed by atoms with Crippen molar-refractivity contribution in [3.8, 4) is 11.4 Å². The molecule has 3 heterocycles. The molecule has 132 valence electrons. The molecule has 0 N–H and O–H groups in total. The molecule has 0 aliphatic rings. The van der Waals surface area contributed by atoms with Gasteiger partial charge in [0, 0.05) is 17.0 Å². The van der Waals surface area contributed by atoms with E-state index >= 15 is 0 Å². The van der Waals surface area contributed by atoms with Crippen LogP contribution in [0.4, 0.5) is 0 Å². The summed E-state index contributed by atoms with van der Waals surface area (Å²) in [6.07, 6.45) is 0. The van der Waals surface area contributed by atoms with Crippen LogP contribution in [-0.4, -0.2) is 19.7 Å². The highest BCUT2D eigenvalue weighted by molar-refractivity contribution is 7.98. The van der Waals surface area contributed by atoms with Gasteiger partial charge in [0.05, 0.1) is 16.7 Å². The quantitative estimate of drug-likeness (QED) is 0.375. The molecular weight excluding hydrogens is 368 g/mol. The van der Waals surface area contributed by atoms with E-state index in [9.17, 15) is 4.79 Å². The number of fused-ring (bicyclic) bond motifs is 1. The van der Waals surface area contributed by atoms with E-state index in [1.165, 1.54) is 11.8 Å². The van der Waals surface area contributed by atoms with Gasteiger partial charge < -0.3 is 4.52 Å². The summed E-state index contributed by atoms with van der Waals surface area (Å²) >= 11 is 3.01. The van der Waals surface area contributed by atoms with Crippen molar-refractivity contribution in [1.29, 1.82) is 0 Å². The van der Waals surface area contributed by atoms with Crippen LogP contribution in [0.15, 0.2) is 55.6 Å². The van der Waals surface area contributed by atoms with Crippen molar-refractivity contribution in [3.63, 3.8) is 0 Å². The normalized spacial score (nSPS) is 11.5. The Balaban J connectivity index is 1.65. The minimum Gasteiger partial charge on any atom is -0.338 e. The summed E-state index contributed by atoms with van der Waals surface area (Å²) in [6, 6.07) is 9.36. The molecule has 0 bridgehead atoms. The van der Waals surface area contributed by atoms with Gasteiger partial charge in [-0.1, -0.05) is 29.1 Å². The molecule has 0 fully saturated rings. The average molecular weight is 384 g/mol. The van der Waals surface area contributed by atoms with Crippen molar-refractivity contribution >= 4 is 34.0 Å². The highest BCUT2D eigenvalue weighted by atomic mass is 32.2. The lowest BCUT2D eigenvalue weighted by Crippen LogP contribution is -2.25. The predicted molar refractivity (Wildman–Crippen MR) is 104 cm³/mol. The number of rotatable bonds is 5. The molecule has 8 heteroatoms. The zero-order valence-corrected chi connectivity index (χ0v) is 15.9. The van der Waals surface area contributed by atoms with Gasteiger partial charge in [0.1, 0.15) is 0 Å². The van der Waals surface area contributed by atoms with Crippen LogP contribution in [0.1, 0.15) is 25.8 Å². The molecule has 0 radical (unpaired) electrons. The Morgan fingerprint density at radius 2 is 2.08 bits per heavy atom. The lowest BCUT2D eigenvalue weighted by molar-refractivity contribution is 0.391. The smallest absolute Gasteiger partial charge is 0.262 e. The Bertz CT molecular complexity index is 1100. The molecule has 0 saturated heterocycles. The third-order valence-electron chi connectivity index (χ3n) is 3.86. The fourth-order valence-corrected chi connectivity index (χ4v) is 4.23. The van der Waals surface area contributed by atoms with Crippen LogP contribution in [0.25, 0.3) is 22.3 Å². The van der Waals surface area contributed by atoms with E-state index in [4.69, 9.17) is 4.52 Å². The summed E-state index contributed by atoms with van der Waals surface area (Å²) in [5.74, 6) is 1.54. The summed E-state index contributed by atoms with van der Waals surface area (Å²) in [7, 11) is 0. The number of thioether (sulfide) groups is 1. The SMILES string of the molecule is CC(C)n1c(SCc2nc(-c3ccsc3)no2)nc2ccccc2c1=O. The standard InChI is InChI=1S/C18H16N4O2S2/c1-11(2)22-17(23)13-5-3-4-6-14(13)19-18(22)26-10-15-20-16(21-24-15)12-7-8-25-9-12/h3-9,11H,10H2,1-2H3. The summed E-state index contributed by atoms with van der Waals surface area (Å²) < 4.78 is 7.05. The maximum Gasteiger partial charge on any atom is 0.262 e. The highest BCUT2D eigenvalue weighted by Crippen LogP contribution is 2.25. The Labute approximate surface area is 157 Å². The van der Waals surface area contributed by atoms with Crippen LogP contribution in [0.3, 0.4) is 0 Å². The minimum absolute atomic E-state index is 0.00570. The average Bonchev–Trinajstić information content (AvgIpc) is 3.31. The van der Waals surface area contributed by atoms with Gasteiger partial charge in [-0.25, -0.2) is 4.98 Å². The van der Waals surface area contributed by atoms with E-state index in [2.05, 4.69) is 15.1 Å². The summed E-state index contributed by atoms with van der Waals surface area (Å²) in [6.45, 7) is 3.95. The fourth-order valence-electron chi connectivity index (χ4n) is 2.63. The van der Waals surface area contributed by atoms with E-state index in [-0.39, 0.29) is 11.6 Å². The van der Waals surface area contributed by atoms with E-state index in [0.29, 0.717) is 33.5 Å². The van der Waals surface area contributed by atoms with E-state index in [1.54, 1.807) is 15.9 Å². The number of thiophene rings is 1. The van der Waals surface area contributed by atoms with E-state index in [1.807, 2.05) is 54.9 Å². The van der Waals surface area contributed by atoms with Gasteiger partial charge in [-0.15, -0.1) is 0 Å². The molecule has 3 aromatic heterocycles. The second-order valence-electron chi connectivity index (χ2n) is 5.99. The maximum atomic E-state index is 12.8. The first kappa shape index (κ1) is 17.0. The fraction of sp³-hybridized carbons (Fsp3) is 0.222. The van der Waals surface area contributed by atoms with Gasteiger partial charge in [0.25, 0.3) is 5.56 Å². The van der Waals surface area contributed by atoms with Gasteiger partial charge in [-0.05, 0) is 37.4 Å². The molecule has 0 amide bonds. The predicted octanol–water partition coefficient (Wildman–Crippen LogP) is 4.38. The first-order valence-electron chi connectivity index (χ1n) is 8.12. The zero-order valence-electron chi connectivity index (χ0n) is 14.2. The molecule has 6 nitrogen and oxygen atoms in total. The van der Waals surface area contributed by atoms with Crippen molar-refractivity contribution in [2.24, 2.45) is 0 Å². The monoisotopic (exact) mass is 384 g/mol. The topological polar surface area (TPSA) is 73.8 Å². The Kier molecular flexibility index (Phi) is 4.60. The van der Waals surface area contributed by atoms with Crippen LogP contribution in [0.2, 0.25) is 0 Å². The molecule has 0 atom stereocenters. The minimum atomic E-state index is -0.0300. The molecule has 26 heavy (non-hydrogen) atoms. The van der Waals surface area contributed by atoms with Gasteiger partial charge in [0.15, 0.2) is 5.16 Å². The van der Waals surface area contributed by atoms with Gasteiger partial charge in [-0.2, -0.15) is 16.3 Å². The van der Waals surface area contributed by atoms with Gasteiger partial charge in [-0.3, -0.25) is 9.36 Å². The summed E-state index contributed by atoms with van der Waals surface area (Å²) in [5, 5.41) is 9.24. The molecule has 0 unspecified atom stereocenters. The van der Waals surface area contributed by atoms with Crippen LogP contribution in [-0.2, 0) is 5.75 Å². The molecule has 1 aromatic carbocycles. The zero-order chi connectivity index (χ0) is 18.1. The largest absolute Gasteiger partial charge is 0.338 e. The van der Waals surface area contributed by atoms with Crippen molar-refractivity contribution in [3.05, 3.63) is 57.3 Å². The van der Waals surface area contributed by atoms with E-state index in [0.717, 1.165) is 5.56 Å². The first-order valence-corrected chi connectivity index (χ1v) is 10.1. The number of para-hydroxylation sites is 1. The van der Waals surface area contributed by atoms with Crippen LogP contribution >= 0.6 is 23.1 Å². The molecule has 0 spiro atoms. The summed E-state index contributed by atoms with van der Waals surface area (Å²) in [4.78, 5) is 21.9. The van der Waals surface area contributed by atoms with Crippen molar-refractivity contribution < 1.29 is 4.52 Å². The number of hydrogen-bond acceptors (Lipinski definition) is 7. The number of hydrogen-bond donors (Lipinski definition) is 0. The molecule has 0 saturated carbocycles. The number of nitrogens with zero attached hydrogens (tertiary/aromatic N) is 4. The summed E-state index contributed by atoms with van der Waals surface area (Å²) in [5.41, 5.74) is 1.61. The Morgan fingerprint density at radius 1 is 1.23 bits per heavy atom. The number of benzene rings is 1. The second kappa shape index (κ2) is 7.05. The van der Waals surface area contributed by atoms with Crippen molar-refractivity contribution in [2.45, 2.75) is 30.8 Å². The molecule has 0 aliphatic carbocycles. The van der Waals surface area contributed by atoms with Crippen LogP contribution in [0.5, 0.6) is 0 Å². The maximum absolute atomic E-state index is 12.8. The highest BCUT2D eigenvalue weighted by Gasteiger charge is 2.16. The third-order valence-corrected chi connectivity index (χ3v) is 5.48. The van der Waals surface area contributed by atoms with Gasteiger partial charge >= 0.3 is 0 Å². The lowest BCUT2D eigenvalue weighted by atomic mass is 10.2. The van der Waals surface area contributed by atoms with Crippen molar-refractivity contribution in [1.82, 2.24) is 19.7 Å². The molecule has 4 aromatic rings. The lowest BCUT2D eigenvalue weighted by Gasteiger charge is -2.15. The van der Waals surface area contributed by atoms with Gasteiger partial charge in [0.2, 0.25) is 11.7 Å². The van der Waals surface area contributed by atoms with Crippen LogP contribution in [0, 0.1) is 0 Å². The van der Waals surface area contributed by atoms with Crippen molar-refractivity contribution in [2.75, 3.05) is 0 Å². The second-order valence-corrected chi connectivity index (χ2v) is 7.72. The van der Waals surface area contributed by atoms with Crippen LogP contribution < -0.4 is 5.56 Å². The Morgan fingerprint density at radius 3 is 2.85 bits per heavy atom. The Hall–Kier alpha value is -2.45. The molecule has 4 rings (SSSR count).